The first-order valence-electron chi connectivity index (χ1n) is 7.90. The van der Waals surface area contributed by atoms with Gasteiger partial charge in [-0.1, -0.05) is 6.07 Å². The average molecular weight is 337 g/mol. The lowest BCUT2D eigenvalue weighted by atomic mass is 10.1. The number of carbonyl (C=O) groups excluding carboxylic acids is 2. The van der Waals surface area contributed by atoms with Gasteiger partial charge in [0.15, 0.2) is 0 Å². The van der Waals surface area contributed by atoms with Gasteiger partial charge in [0.1, 0.15) is 11.4 Å². The molecule has 0 atom stereocenters. The summed E-state index contributed by atoms with van der Waals surface area (Å²) in [6.45, 7) is 8.21. The van der Waals surface area contributed by atoms with E-state index >= 15 is 0 Å². The van der Waals surface area contributed by atoms with Crippen LogP contribution in [0.1, 0.15) is 38.8 Å². The van der Waals surface area contributed by atoms with E-state index in [1.165, 1.54) is 7.11 Å². The zero-order chi connectivity index (χ0) is 18.3. The normalized spacial score (nSPS) is 10.9. The number of ether oxygens (including phenoxy) is 3. The van der Waals surface area contributed by atoms with Crippen LogP contribution in [0.3, 0.4) is 0 Å². The maximum Gasteiger partial charge on any atom is 0.410 e. The maximum absolute atomic E-state index is 12.3. The number of esters is 1. The van der Waals surface area contributed by atoms with Gasteiger partial charge < -0.3 is 19.1 Å². The van der Waals surface area contributed by atoms with Crippen LogP contribution in [0.25, 0.3) is 0 Å². The zero-order valence-electron chi connectivity index (χ0n) is 15.3. The van der Waals surface area contributed by atoms with E-state index in [4.69, 9.17) is 14.2 Å². The number of benzene rings is 1. The Kier molecular flexibility index (Phi) is 7.07. The number of carbonyl (C=O) groups is 2. The summed E-state index contributed by atoms with van der Waals surface area (Å²) < 4.78 is 15.5. The highest BCUT2D eigenvalue weighted by atomic mass is 16.6. The van der Waals surface area contributed by atoms with Crippen LogP contribution in [-0.2, 0) is 27.2 Å². The molecule has 6 heteroatoms. The second-order valence-corrected chi connectivity index (χ2v) is 6.39. The minimum absolute atomic E-state index is 0.173. The minimum Gasteiger partial charge on any atom is -0.496 e. The third-order valence-corrected chi connectivity index (χ3v) is 3.32. The molecule has 0 heterocycles. The van der Waals surface area contributed by atoms with Crippen LogP contribution in [0.15, 0.2) is 18.2 Å². The lowest BCUT2D eigenvalue weighted by Gasteiger charge is -2.27. The molecule has 1 aromatic rings. The van der Waals surface area contributed by atoms with Crippen LogP contribution in [0.4, 0.5) is 4.79 Å². The lowest BCUT2D eigenvalue weighted by molar-refractivity contribution is -0.139. The summed E-state index contributed by atoms with van der Waals surface area (Å²) in [4.78, 5) is 25.3. The second-order valence-electron chi connectivity index (χ2n) is 6.39. The Morgan fingerprint density at radius 3 is 2.33 bits per heavy atom. The van der Waals surface area contributed by atoms with Crippen molar-refractivity contribution < 1.29 is 23.8 Å². The molecule has 0 aliphatic heterocycles. The topological polar surface area (TPSA) is 65.1 Å². The van der Waals surface area contributed by atoms with Gasteiger partial charge in [-0.2, -0.15) is 0 Å². The highest BCUT2D eigenvalue weighted by Gasteiger charge is 2.22. The molecule has 0 radical (unpaired) electrons. The summed E-state index contributed by atoms with van der Waals surface area (Å²) in [7, 11) is 2.93. The second kappa shape index (κ2) is 8.57. The van der Waals surface area contributed by atoms with Crippen molar-refractivity contribution >= 4 is 12.1 Å². The van der Waals surface area contributed by atoms with E-state index in [0.717, 1.165) is 11.1 Å². The van der Waals surface area contributed by atoms with Crippen molar-refractivity contribution in [3.8, 4) is 5.75 Å². The maximum atomic E-state index is 12.3. The van der Waals surface area contributed by atoms with Crippen molar-refractivity contribution in [2.24, 2.45) is 0 Å². The number of nitrogens with zero attached hydrogens (tertiary/aromatic N) is 1. The fourth-order valence-corrected chi connectivity index (χ4v) is 2.14. The van der Waals surface area contributed by atoms with Crippen LogP contribution in [0.2, 0.25) is 0 Å². The molecule has 0 spiro atoms. The van der Waals surface area contributed by atoms with E-state index in [0.29, 0.717) is 18.8 Å². The molecule has 0 saturated carbocycles. The Labute approximate surface area is 143 Å². The summed E-state index contributed by atoms with van der Waals surface area (Å²) in [5, 5.41) is 0. The third kappa shape index (κ3) is 6.10. The van der Waals surface area contributed by atoms with Gasteiger partial charge in [0.05, 0.1) is 27.2 Å². The molecule has 1 amide bonds. The summed E-state index contributed by atoms with van der Waals surface area (Å²) in [6, 6.07) is 5.45. The number of hydrogen-bond acceptors (Lipinski definition) is 5. The van der Waals surface area contributed by atoms with E-state index < -0.39 is 5.60 Å². The molecule has 6 nitrogen and oxygen atoms in total. The molecule has 0 bridgehead atoms. The van der Waals surface area contributed by atoms with Crippen molar-refractivity contribution in [1.82, 2.24) is 4.90 Å². The zero-order valence-corrected chi connectivity index (χ0v) is 15.3. The van der Waals surface area contributed by atoms with E-state index in [-0.39, 0.29) is 18.5 Å². The van der Waals surface area contributed by atoms with E-state index in [1.54, 1.807) is 18.1 Å². The van der Waals surface area contributed by atoms with Crippen LogP contribution >= 0.6 is 0 Å². The van der Waals surface area contributed by atoms with E-state index in [9.17, 15) is 9.59 Å². The predicted molar refractivity (Wildman–Crippen MR) is 91.0 cm³/mol. The molecule has 0 fully saturated rings. The SMILES string of the molecule is CCN(Cc1cc(CC(=O)OC)ccc1OC)C(=O)OC(C)(C)C. The molecule has 0 unspecified atom stereocenters. The quantitative estimate of drug-likeness (QED) is 0.746. The van der Waals surface area contributed by atoms with Crippen molar-refractivity contribution in [2.75, 3.05) is 20.8 Å². The fraction of sp³-hybridized carbons (Fsp3) is 0.556. The molecule has 24 heavy (non-hydrogen) atoms. The van der Waals surface area contributed by atoms with Gasteiger partial charge in [-0.3, -0.25) is 4.79 Å². The molecule has 1 aromatic carbocycles. The van der Waals surface area contributed by atoms with Crippen molar-refractivity contribution in [3.05, 3.63) is 29.3 Å². The van der Waals surface area contributed by atoms with E-state index in [1.807, 2.05) is 39.8 Å². The fourth-order valence-electron chi connectivity index (χ4n) is 2.14. The molecule has 134 valence electrons. The van der Waals surface area contributed by atoms with Gasteiger partial charge in [-0.15, -0.1) is 0 Å². The molecular weight excluding hydrogens is 310 g/mol. The lowest BCUT2D eigenvalue weighted by Crippen LogP contribution is -2.36. The smallest absolute Gasteiger partial charge is 0.410 e. The first-order valence-corrected chi connectivity index (χ1v) is 7.90. The Hall–Kier alpha value is -2.24. The minimum atomic E-state index is -0.554. The first-order chi connectivity index (χ1) is 11.2. The van der Waals surface area contributed by atoms with Gasteiger partial charge in [0, 0.05) is 12.1 Å². The Balaban J connectivity index is 2.98. The number of rotatable bonds is 6. The Morgan fingerprint density at radius 2 is 1.83 bits per heavy atom. The molecule has 0 aliphatic carbocycles. The Bertz CT molecular complexity index is 577. The highest BCUT2D eigenvalue weighted by Crippen LogP contribution is 2.23. The summed E-state index contributed by atoms with van der Waals surface area (Å²) in [6.07, 6.45) is -0.211. The van der Waals surface area contributed by atoms with Gasteiger partial charge in [0.2, 0.25) is 0 Å². The number of hydrogen-bond donors (Lipinski definition) is 0. The number of methoxy groups -OCH3 is 2. The molecule has 0 saturated heterocycles. The summed E-state index contributed by atoms with van der Waals surface area (Å²) in [5.74, 6) is 0.344. The number of amides is 1. The van der Waals surface area contributed by atoms with Crippen molar-refractivity contribution in [1.29, 1.82) is 0 Å². The van der Waals surface area contributed by atoms with Crippen molar-refractivity contribution in [2.45, 2.75) is 46.3 Å². The average Bonchev–Trinajstić information content (AvgIpc) is 2.50. The molecule has 0 aliphatic rings. The largest absolute Gasteiger partial charge is 0.496 e. The molecule has 0 aromatic heterocycles. The van der Waals surface area contributed by atoms with Gasteiger partial charge in [-0.25, -0.2) is 4.79 Å². The van der Waals surface area contributed by atoms with Gasteiger partial charge in [0.25, 0.3) is 0 Å². The Morgan fingerprint density at radius 1 is 1.17 bits per heavy atom. The standard InChI is InChI=1S/C18H27NO5/c1-7-19(17(21)24-18(2,3)4)12-14-10-13(11-16(20)23-6)8-9-15(14)22-5/h8-10H,7,11-12H2,1-6H3. The van der Waals surface area contributed by atoms with Crippen LogP contribution in [0, 0.1) is 0 Å². The summed E-state index contributed by atoms with van der Waals surface area (Å²) in [5.41, 5.74) is 1.06. The predicted octanol–water partition coefficient (Wildman–Crippen LogP) is 3.17. The van der Waals surface area contributed by atoms with Crippen LogP contribution in [0.5, 0.6) is 5.75 Å². The highest BCUT2D eigenvalue weighted by molar-refractivity contribution is 5.72. The first kappa shape index (κ1) is 19.8. The molecule has 1 rings (SSSR count). The van der Waals surface area contributed by atoms with Gasteiger partial charge >= 0.3 is 12.1 Å². The van der Waals surface area contributed by atoms with Crippen LogP contribution in [-0.4, -0.2) is 43.3 Å². The van der Waals surface area contributed by atoms with E-state index in [2.05, 4.69) is 0 Å². The van der Waals surface area contributed by atoms with Crippen molar-refractivity contribution in [3.63, 3.8) is 0 Å². The molecule has 0 N–H and O–H groups in total. The third-order valence-electron chi connectivity index (χ3n) is 3.32. The molecular formula is C18H27NO5. The van der Waals surface area contributed by atoms with Gasteiger partial charge in [-0.05, 0) is 45.4 Å². The summed E-state index contributed by atoms with van der Waals surface area (Å²) >= 11 is 0. The van der Waals surface area contributed by atoms with Crippen LogP contribution < -0.4 is 4.74 Å². The monoisotopic (exact) mass is 337 g/mol.